The van der Waals surface area contributed by atoms with Crippen LogP contribution < -0.4 is 5.32 Å². The molecule has 0 radical (unpaired) electrons. The lowest BCUT2D eigenvalue weighted by Gasteiger charge is -2.09. The van der Waals surface area contributed by atoms with E-state index >= 15 is 0 Å². The van der Waals surface area contributed by atoms with Crippen molar-refractivity contribution in [1.82, 2.24) is 5.32 Å². The summed E-state index contributed by atoms with van der Waals surface area (Å²) in [7, 11) is 0. The van der Waals surface area contributed by atoms with Crippen LogP contribution >= 0.6 is 0 Å². The quantitative estimate of drug-likeness (QED) is 0.438. The van der Waals surface area contributed by atoms with Crippen LogP contribution in [-0.2, 0) is 0 Å². The average molecular weight is 155 g/mol. The summed E-state index contributed by atoms with van der Waals surface area (Å²) in [6.45, 7) is 3.24. The van der Waals surface area contributed by atoms with Gasteiger partial charge in [0.15, 0.2) is 0 Å². The minimum Gasteiger partial charge on any atom is -0.396 e. The van der Waals surface area contributed by atoms with Crippen molar-refractivity contribution >= 4 is 0 Å². The molecule has 0 spiro atoms. The second-order valence-corrected chi connectivity index (χ2v) is 2.51. The van der Waals surface area contributed by atoms with Crippen LogP contribution in [0.5, 0.6) is 0 Å². The Balaban J connectivity index is 3.16. The smallest absolute Gasteiger partial charge is 0.0684 e. The summed E-state index contributed by atoms with van der Waals surface area (Å²) < 4.78 is 0. The van der Waals surface area contributed by atoms with E-state index in [2.05, 4.69) is 18.2 Å². The molecular formula is C9H17NO. The number of hydrogen-bond acceptors (Lipinski definition) is 2. The number of unbranched alkanes of at least 4 members (excludes halogenated alkanes) is 1. The highest BCUT2D eigenvalue weighted by atomic mass is 16.2. The van der Waals surface area contributed by atoms with Crippen molar-refractivity contribution in [3.63, 3.8) is 0 Å². The van der Waals surface area contributed by atoms with E-state index in [0.717, 1.165) is 25.8 Å². The second-order valence-electron chi connectivity index (χ2n) is 2.51. The van der Waals surface area contributed by atoms with Gasteiger partial charge in [0, 0.05) is 6.61 Å². The predicted octanol–water partition coefficient (Wildman–Crippen LogP) is 0.760. The van der Waals surface area contributed by atoms with Gasteiger partial charge in [0.2, 0.25) is 0 Å². The SMILES string of the molecule is C#CC(CC)NCCCCO. The van der Waals surface area contributed by atoms with E-state index in [9.17, 15) is 0 Å². The first kappa shape index (κ1) is 10.5. The average Bonchev–Trinajstić information content (AvgIpc) is 2.05. The molecule has 0 aliphatic heterocycles. The first-order valence-corrected chi connectivity index (χ1v) is 4.15. The third-order valence-corrected chi connectivity index (χ3v) is 1.59. The van der Waals surface area contributed by atoms with Crippen molar-refractivity contribution in [1.29, 1.82) is 0 Å². The summed E-state index contributed by atoms with van der Waals surface area (Å²) in [6.07, 6.45) is 8.05. The van der Waals surface area contributed by atoms with Crippen LogP contribution in [0.1, 0.15) is 26.2 Å². The van der Waals surface area contributed by atoms with Gasteiger partial charge in [-0.15, -0.1) is 6.42 Å². The molecule has 1 unspecified atom stereocenters. The molecule has 0 aliphatic rings. The molecule has 0 bridgehead atoms. The van der Waals surface area contributed by atoms with Crippen molar-refractivity contribution in [3.05, 3.63) is 0 Å². The highest BCUT2D eigenvalue weighted by molar-refractivity contribution is 4.97. The van der Waals surface area contributed by atoms with E-state index in [1.807, 2.05) is 0 Å². The largest absolute Gasteiger partial charge is 0.396 e. The minimum absolute atomic E-state index is 0.202. The standard InChI is InChI=1S/C9H17NO/c1-3-9(4-2)10-7-5-6-8-11/h1,9-11H,4-8H2,2H3. The minimum atomic E-state index is 0.202. The number of terminal acetylenes is 1. The lowest BCUT2D eigenvalue weighted by Crippen LogP contribution is -2.27. The number of rotatable bonds is 6. The molecule has 0 aromatic rings. The van der Waals surface area contributed by atoms with Crippen LogP contribution in [0, 0.1) is 12.3 Å². The highest BCUT2D eigenvalue weighted by Crippen LogP contribution is 1.90. The van der Waals surface area contributed by atoms with Gasteiger partial charge in [-0.25, -0.2) is 0 Å². The van der Waals surface area contributed by atoms with Gasteiger partial charge in [-0.3, -0.25) is 0 Å². The van der Waals surface area contributed by atoms with E-state index in [1.54, 1.807) is 0 Å². The first-order chi connectivity index (χ1) is 5.35. The zero-order valence-electron chi connectivity index (χ0n) is 7.14. The molecule has 11 heavy (non-hydrogen) atoms. The van der Waals surface area contributed by atoms with Gasteiger partial charge in [0.25, 0.3) is 0 Å². The molecular weight excluding hydrogens is 138 g/mol. The summed E-state index contributed by atoms with van der Waals surface area (Å²) in [6, 6.07) is 0.202. The van der Waals surface area contributed by atoms with Crippen LogP contribution in [0.4, 0.5) is 0 Å². The van der Waals surface area contributed by atoms with Crippen molar-refractivity contribution in [2.75, 3.05) is 13.2 Å². The van der Waals surface area contributed by atoms with Gasteiger partial charge in [-0.05, 0) is 25.8 Å². The van der Waals surface area contributed by atoms with Crippen LogP contribution in [0.25, 0.3) is 0 Å². The second kappa shape index (κ2) is 7.59. The molecule has 0 aliphatic carbocycles. The Labute approximate surface area is 69.0 Å². The lowest BCUT2D eigenvalue weighted by atomic mass is 10.2. The van der Waals surface area contributed by atoms with Crippen LogP contribution in [0.2, 0.25) is 0 Å². The molecule has 0 saturated carbocycles. The van der Waals surface area contributed by atoms with Gasteiger partial charge in [-0.1, -0.05) is 12.8 Å². The van der Waals surface area contributed by atoms with Crippen molar-refractivity contribution in [3.8, 4) is 12.3 Å². The van der Waals surface area contributed by atoms with E-state index in [4.69, 9.17) is 11.5 Å². The fourth-order valence-corrected chi connectivity index (χ4v) is 0.834. The zero-order valence-corrected chi connectivity index (χ0v) is 7.14. The summed E-state index contributed by atoms with van der Waals surface area (Å²) >= 11 is 0. The number of hydrogen-bond donors (Lipinski definition) is 2. The molecule has 0 fully saturated rings. The van der Waals surface area contributed by atoms with Crippen molar-refractivity contribution in [2.24, 2.45) is 0 Å². The van der Waals surface area contributed by atoms with Gasteiger partial charge < -0.3 is 10.4 Å². The molecule has 0 saturated heterocycles. The predicted molar refractivity (Wildman–Crippen MR) is 47.2 cm³/mol. The third kappa shape index (κ3) is 5.90. The Hall–Kier alpha value is -0.520. The Kier molecular flexibility index (Phi) is 7.23. The molecule has 0 rings (SSSR count). The Morgan fingerprint density at radius 2 is 2.27 bits per heavy atom. The van der Waals surface area contributed by atoms with E-state index in [-0.39, 0.29) is 12.6 Å². The Bertz CT molecular complexity index is 117. The topological polar surface area (TPSA) is 32.3 Å². The number of nitrogens with one attached hydrogen (secondary N) is 1. The molecule has 0 aromatic heterocycles. The third-order valence-electron chi connectivity index (χ3n) is 1.59. The fourth-order valence-electron chi connectivity index (χ4n) is 0.834. The summed E-state index contributed by atoms with van der Waals surface area (Å²) in [5, 5.41) is 11.7. The van der Waals surface area contributed by atoms with Crippen LogP contribution in [0.3, 0.4) is 0 Å². The maximum Gasteiger partial charge on any atom is 0.0684 e. The van der Waals surface area contributed by atoms with Crippen molar-refractivity contribution in [2.45, 2.75) is 32.2 Å². The Morgan fingerprint density at radius 3 is 2.73 bits per heavy atom. The monoisotopic (exact) mass is 155 g/mol. The lowest BCUT2D eigenvalue weighted by molar-refractivity contribution is 0.283. The number of aliphatic hydroxyl groups is 1. The molecule has 0 aromatic carbocycles. The van der Waals surface area contributed by atoms with Crippen LogP contribution in [0.15, 0.2) is 0 Å². The van der Waals surface area contributed by atoms with Crippen molar-refractivity contribution < 1.29 is 5.11 Å². The highest BCUT2D eigenvalue weighted by Gasteiger charge is 1.97. The maximum atomic E-state index is 8.48. The Morgan fingerprint density at radius 1 is 1.55 bits per heavy atom. The van der Waals surface area contributed by atoms with Crippen LogP contribution in [-0.4, -0.2) is 24.3 Å². The van der Waals surface area contributed by atoms with Gasteiger partial charge in [0.1, 0.15) is 0 Å². The molecule has 2 heteroatoms. The first-order valence-electron chi connectivity index (χ1n) is 4.15. The molecule has 64 valence electrons. The number of aliphatic hydroxyl groups excluding tert-OH is 1. The van der Waals surface area contributed by atoms with E-state index in [1.165, 1.54) is 0 Å². The van der Waals surface area contributed by atoms with E-state index in [0.29, 0.717) is 0 Å². The molecule has 1 atom stereocenters. The summed E-state index contributed by atoms with van der Waals surface area (Å²) in [5.41, 5.74) is 0. The molecule has 0 amide bonds. The molecule has 2 nitrogen and oxygen atoms in total. The van der Waals surface area contributed by atoms with Gasteiger partial charge >= 0.3 is 0 Å². The normalized spacial score (nSPS) is 12.5. The fraction of sp³-hybridized carbons (Fsp3) is 0.778. The van der Waals surface area contributed by atoms with E-state index < -0.39 is 0 Å². The zero-order chi connectivity index (χ0) is 8.53. The van der Waals surface area contributed by atoms with Gasteiger partial charge in [-0.2, -0.15) is 0 Å². The maximum absolute atomic E-state index is 8.48. The van der Waals surface area contributed by atoms with Gasteiger partial charge in [0.05, 0.1) is 6.04 Å². The summed E-state index contributed by atoms with van der Waals surface area (Å²) in [4.78, 5) is 0. The molecule has 2 N–H and O–H groups in total. The molecule has 0 heterocycles. The summed E-state index contributed by atoms with van der Waals surface area (Å²) in [5.74, 6) is 2.66.